The largest absolute Gasteiger partial charge is 0.484 e. The van der Waals surface area contributed by atoms with E-state index in [0.29, 0.717) is 0 Å². The Labute approximate surface area is 99.7 Å². The minimum atomic E-state index is -4.94. The molecule has 0 aliphatic heterocycles. The number of carbonyl (C=O) groups excluding carboxylic acids is 2. The van der Waals surface area contributed by atoms with E-state index in [4.69, 9.17) is 10.5 Å². The predicted octanol–water partition coefficient (Wildman–Crippen LogP) is 1.05. The molecule has 0 saturated carbocycles. The lowest BCUT2D eigenvalue weighted by molar-refractivity contribution is -0.167. The van der Waals surface area contributed by atoms with Crippen LogP contribution in [0.15, 0.2) is 24.3 Å². The number of carbonyl (C=O) groups is 2. The van der Waals surface area contributed by atoms with Gasteiger partial charge in [-0.15, -0.1) is 0 Å². The topological polar surface area (TPSA) is 81.4 Å². The average molecular weight is 262 g/mol. The Morgan fingerprint density at radius 1 is 1.22 bits per heavy atom. The third kappa shape index (κ3) is 4.32. The molecule has 0 atom stereocenters. The SMILES string of the molecule is NC(=O)COc1ccc(NC(=O)C(F)(F)F)cc1. The summed E-state index contributed by atoms with van der Waals surface area (Å²) < 4.78 is 40.7. The number of primary amides is 1. The first-order valence-electron chi connectivity index (χ1n) is 4.68. The van der Waals surface area contributed by atoms with Crippen LogP contribution in [0, 0.1) is 0 Å². The lowest BCUT2D eigenvalue weighted by Crippen LogP contribution is -2.29. The first kappa shape index (κ1) is 13.8. The summed E-state index contributed by atoms with van der Waals surface area (Å²) in [4.78, 5) is 21.0. The Hall–Kier alpha value is -2.25. The molecule has 98 valence electrons. The third-order valence-electron chi connectivity index (χ3n) is 1.75. The number of nitrogens with two attached hydrogens (primary N) is 1. The molecule has 0 heterocycles. The van der Waals surface area contributed by atoms with Crippen molar-refractivity contribution >= 4 is 17.5 Å². The van der Waals surface area contributed by atoms with Crippen LogP contribution in [0.4, 0.5) is 18.9 Å². The summed E-state index contributed by atoms with van der Waals surface area (Å²) in [5.74, 6) is -2.49. The van der Waals surface area contributed by atoms with Crippen LogP contribution in [-0.4, -0.2) is 24.6 Å². The second-order valence-corrected chi connectivity index (χ2v) is 3.23. The van der Waals surface area contributed by atoms with E-state index in [-0.39, 0.29) is 18.0 Å². The lowest BCUT2D eigenvalue weighted by atomic mass is 10.3. The number of alkyl halides is 3. The van der Waals surface area contributed by atoms with Crippen LogP contribution in [0.2, 0.25) is 0 Å². The van der Waals surface area contributed by atoms with Crippen molar-refractivity contribution in [3.63, 3.8) is 0 Å². The van der Waals surface area contributed by atoms with Crippen LogP contribution in [0.1, 0.15) is 0 Å². The van der Waals surface area contributed by atoms with Gasteiger partial charge in [-0.1, -0.05) is 0 Å². The molecule has 1 aromatic rings. The molecular formula is C10H9F3N2O3. The predicted molar refractivity (Wildman–Crippen MR) is 55.8 cm³/mol. The Bertz CT molecular complexity index is 443. The molecular weight excluding hydrogens is 253 g/mol. The Kier molecular flexibility index (Phi) is 4.13. The van der Waals surface area contributed by atoms with Crippen LogP contribution in [0.25, 0.3) is 0 Å². The van der Waals surface area contributed by atoms with Crippen molar-refractivity contribution in [3.8, 4) is 5.75 Å². The molecule has 0 aromatic heterocycles. The Balaban J connectivity index is 2.60. The van der Waals surface area contributed by atoms with E-state index in [2.05, 4.69) is 0 Å². The summed E-state index contributed by atoms with van der Waals surface area (Å²) in [6, 6.07) is 5.02. The second-order valence-electron chi connectivity index (χ2n) is 3.23. The molecule has 5 nitrogen and oxygen atoms in total. The van der Waals surface area contributed by atoms with E-state index >= 15 is 0 Å². The van der Waals surface area contributed by atoms with Gasteiger partial charge in [0.2, 0.25) is 0 Å². The minimum Gasteiger partial charge on any atom is -0.484 e. The number of ether oxygens (including phenoxy) is 1. The third-order valence-corrected chi connectivity index (χ3v) is 1.75. The molecule has 18 heavy (non-hydrogen) atoms. The Morgan fingerprint density at radius 3 is 2.22 bits per heavy atom. The molecule has 1 rings (SSSR count). The average Bonchev–Trinajstić information content (AvgIpc) is 2.26. The maximum absolute atomic E-state index is 11.9. The van der Waals surface area contributed by atoms with E-state index in [0.717, 1.165) is 0 Å². The van der Waals surface area contributed by atoms with Gasteiger partial charge in [-0.3, -0.25) is 9.59 Å². The number of nitrogens with one attached hydrogen (secondary N) is 1. The Morgan fingerprint density at radius 2 is 1.78 bits per heavy atom. The van der Waals surface area contributed by atoms with E-state index in [1.807, 2.05) is 0 Å². The van der Waals surface area contributed by atoms with Crippen molar-refractivity contribution in [1.29, 1.82) is 0 Å². The number of rotatable bonds is 4. The molecule has 0 fully saturated rings. The molecule has 8 heteroatoms. The van der Waals surface area contributed by atoms with Gasteiger partial charge in [-0.2, -0.15) is 13.2 Å². The zero-order valence-corrected chi connectivity index (χ0v) is 8.95. The van der Waals surface area contributed by atoms with E-state index in [9.17, 15) is 22.8 Å². The van der Waals surface area contributed by atoms with Crippen molar-refractivity contribution in [1.82, 2.24) is 0 Å². The first-order valence-corrected chi connectivity index (χ1v) is 4.68. The van der Waals surface area contributed by atoms with Gasteiger partial charge >= 0.3 is 12.1 Å². The highest BCUT2D eigenvalue weighted by Gasteiger charge is 2.38. The van der Waals surface area contributed by atoms with Crippen LogP contribution in [0.3, 0.4) is 0 Å². The van der Waals surface area contributed by atoms with Crippen molar-refractivity contribution in [3.05, 3.63) is 24.3 Å². The minimum absolute atomic E-state index is 0.0382. The fraction of sp³-hybridized carbons (Fsp3) is 0.200. The van der Waals surface area contributed by atoms with Gasteiger partial charge in [0.05, 0.1) is 0 Å². The van der Waals surface area contributed by atoms with Gasteiger partial charge in [0.15, 0.2) is 6.61 Å². The van der Waals surface area contributed by atoms with Crippen LogP contribution in [0.5, 0.6) is 5.75 Å². The molecule has 0 aliphatic rings. The smallest absolute Gasteiger partial charge is 0.471 e. The highest BCUT2D eigenvalue weighted by molar-refractivity contribution is 5.94. The summed E-state index contributed by atoms with van der Waals surface area (Å²) in [5, 5.41) is 1.66. The second kappa shape index (κ2) is 5.39. The molecule has 0 bridgehead atoms. The van der Waals surface area contributed by atoms with Gasteiger partial charge in [0, 0.05) is 5.69 Å². The van der Waals surface area contributed by atoms with Crippen molar-refractivity contribution < 1.29 is 27.5 Å². The summed E-state index contributed by atoms with van der Waals surface area (Å²) in [7, 11) is 0. The van der Waals surface area contributed by atoms with Crippen molar-refractivity contribution in [2.75, 3.05) is 11.9 Å². The number of anilines is 1. The molecule has 1 aromatic carbocycles. The normalized spacial score (nSPS) is 10.8. The van der Waals surface area contributed by atoms with Gasteiger partial charge in [0.25, 0.3) is 5.91 Å². The lowest BCUT2D eigenvalue weighted by Gasteiger charge is -2.08. The van der Waals surface area contributed by atoms with Crippen LogP contribution < -0.4 is 15.8 Å². The standard InChI is InChI=1S/C10H9F3N2O3/c11-10(12,13)9(17)15-6-1-3-7(4-2-6)18-5-8(14)16/h1-4H,5H2,(H2,14,16)(H,15,17). The van der Waals surface area contributed by atoms with Gasteiger partial charge in [0.1, 0.15) is 5.75 Å². The van der Waals surface area contributed by atoms with E-state index in [1.54, 1.807) is 5.32 Å². The fourth-order valence-corrected chi connectivity index (χ4v) is 0.991. The monoisotopic (exact) mass is 262 g/mol. The highest BCUT2D eigenvalue weighted by Crippen LogP contribution is 2.20. The zero-order valence-electron chi connectivity index (χ0n) is 8.95. The number of hydrogen-bond acceptors (Lipinski definition) is 3. The zero-order chi connectivity index (χ0) is 13.8. The highest BCUT2D eigenvalue weighted by atomic mass is 19.4. The molecule has 0 saturated heterocycles. The van der Waals surface area contributed by atoms with Crippen molar-refractivity contribution in [2.45, 2.75) is 6.18 Å². The first-order chi connectivity index (χ1) is 8.29. The van der Waals surface area contributed by atoms with Crippen molar-refractivity contribution in [2.24, 2.45) is 5.73 Å². The molecule has 3 N–H and O–H groups in total. The van der Waals surface area contributed by atoms with Gasteiger partial charge in [-0.05, 0) is 24.3 Å². The molecule has 0 radical (unpaired) electrons. The molecule has 0 aliphatic carbocycles. The molecule has 2 amide bonds. The number of halogens is 3. The summed E-state index contributed by atoms with van der Waals surface area (Å²) in [6.07, 6.45) is -4.94. The maximum Gasteiger partial charge on any atom is 0.471 e. The maximum atomic E-state index is 11.9. The van der Waals surface area contributed by atoms with Gasteiger partial charge in [-0.25, -0.2) is 0 Å². The van der Waals surface area contributed by atoms with E-state index in [1.165, 1.54) is 24.3 Å². The summed E-state index contributed by atoms with van der Waals surface area (Å²) in [5.41, 5.74) is 4.80. The van der Waals surface area contributed by atoms with E-state index < -0.39 is 18.0 Å². The molecule has 0 spiro atoms. The number of amides is 2. The quantitative estimate of drug-likeness (QED) is 0.851. The molecule has 0 unspecified atom stereocenters. The van der Waals surface area contributed by atoms with Crippen LogP contribution in [-0.2, 0) is 9.59 Å². The summed E-state index contributed by atoms with van der Waals surface area (Å²) in [6.45, 7) is -0.339. The number of hydrogen-bond donors (Lipinski definition) is 2. The van der Waals surface area contributed by atoms with Crippen LogP contribution >= 0.6 is 0 Å². The number of benzene rings is 1. The van der Waals surface area contributed by atoms with Gasteiger partial charge < -0.3 is 15.8 Å². The fourth-order valence-electron chi connectivity index (χ4n) is 0.991. The summed E-state index contributed by atoms with van der Waals surface area (Å²) >= 11 is 0.